The quantitative estimate of drug-likeness (QED) is 0.537. The molecular formula is C12H16KN3O2. The molecule has 1 aromatic rings. The van der Waals surface area contributed by atoms with Crippen molar-refractivity contribution in [3.05, 3.63) is 23.9 Å². The first-order chi connectivity index (χ1) is 8.20. The van der Waals surface area contributed by atoms with Gasteiger partial charge in [-0.05, 0) is 18.7 Å². The number of carbonyl (C=O) groups is 1. The van der Waals surface area contributed by atoms with Gasteiger partial charge >= 0.3 is 51.4 Å². The number of pyridine rings is 1. The van der Waals surface area contributed by atoms with E-state index in [1.807, 2.05) is 0 Å². The van der Waals surface area contributed by atoms with Gasteiger partial charge in [-0.1, -0.05) is 6.92 Å². The average molecular weight is 273 g/mol. The van der Waals surface area contributed by atoms with Gasteiger partial charge in [0.1, 0.15) is 5.82 Å². The molecule has 0 spiro atoms. The minimum atomic E-state index is -1.18. The number of likely N-dealkylation sites (N-methyl/N-ethyl adjacent to an activating group) is 1. The summed E-state index contributed by atoms with van der Waals surface area (Å²) >= 11 is 0. The predicted molar refractivity (Wildman–Crippen MR) is 62.9 cm³/mol. The molecule has 2 heterocycles. The Hall–Kier alpha value is 0.0164. The molecule has 0 saturated carbocycles. The number of hydrogen-bond donors (Lipinski definition) is 0. The number of piperazine rings is 1. The second-order valence-electron chi connectivity index (χ2n) is 4.11. The van der Waals surface area contributed by atoms with Crippen molar-refractivity contribution in [3.63, 3.8) is 0 Å². The van der Waals surface area contributed by atoms with Gasteiger partial charge in [0.25, 0.3) is 0 Å². The van der Waals surface area contributed by atoms with Crippen LogP contribution < -0.4 is 61.4 Å². The molecule has 0 N–H and O–H groups in total. The maximum Gasteiger partial charge on any atom is 1.00 e. The minimum absolute atomic E-state index is 0. The van der Waals surface area contributed by atoms with E-state index < -0.39 is 5.97 Å². The van der Waals surface area contributed by atoms with E-state index in [4.69, 9.17) is 0 Å². The minimum Gasteiger partial charge on any atom is -0.545 e. The van der Waals surface area contributed by atoms with Gasteiger partial charge in [0.15, 0.2) is 0 Å². The molecule has 0 aliphatic carbocycles. The van der Waals surface area contributed by atoms with Crippen molar-refractivity contribution in [1.29, 1.82) is 0 Å². The molecule has 0 radical (unpaired) electrons. The second-order valence-corrected chi connectivity index (χ2v) is 4.11. The van der Waals surface area contributed by atoms with Crippen LogP contribution in [0.15, 0.2) is 18.3 Å². The van der Waals surface area contributed by atoms with Crippen LogP contribution in [0.1, 0.15) is 17.3 Å². The molecule has 6 heteroatoms. The molecule has 1 fully saturated rings. The maximum atomic E-state index is 10.6. The van der Waals surface area contributed by atoms with Crippen LogP contribution in [0.3, 0.4) is 0 Å². The van der Waals surface area contributed by atoms with Crippen LogP contribution >= 0.6 is 0 Å². The summed E-state index contributed by atoms with van der Waals surface area (Å²) in [5, 5.41) is 10.6. The van der Waals surface area contributed by atoms with Gasteiger partial charge in [0.05, 0.1) is 5.97 Å². The van der Waals surface area contributed by atoms with Crippen LogP contribution in [0.4, 0.5) is 5.82 Å². The molecule has 1 saturated heterocycles. The van der Waals surface area contributed by atoms with Crippen molar-refractivity contribution in [1.82, 2.24) is 9.88 Å². The van der Waals surface area contributed by atoms with Crippen molar-refractivity contribution in [2.45, 2.75) is 6.92 Å². The number of aromatic nitrogens is 1. The first kappa shape index (κ1) is 16.1. The zero-order chi connectivity index (χ0) is 12.3. The summed E-state index contributed by atoms with van der Waals surface area (Å²) in [5.74, 6) is -0.342. The van der Waals surface area contributed by atoms with Crippen molar-refractivity contribution in [3.8, 4) is 0 Å². The molecule has 18 heavy (non-hydrogen) atoms. The number of hydrogen-bond acceptors (Lipinski definition) is 5. The Morgan fingerprint density at radius 2 is 2.00 bits per heavy atom. The van der Waals surface area contributed by atoms with E-state index in [1.54, 1.807) is 12.1 Å². The zero-order valence-corrected chi connectivity index (χ0v) is 14.0. The first-order valence-corrected chi connectivity index (χ1v) is 5.85. The summed E-state index contributed by atoms with van der Waals surface area (Å²) in [4.78, 5) is 19.3. The molecule has 5 nitrogen and oxygen atoms in total. The fraction of sp³-hybridized carbons (Fsp3) is 0.500. The molecule has 0 atom stereocenters. The van der Waals surface area contributed by atoms with Crippen LogP contribution in [0.2, 0.25) is 0 Å². The summed E-state index contributed by atoms with van der Waals surface area (Å²) in [6.07, 6.45) is 1.36. The van der Waals surface area contributed by atoms with E-state index in [1.165, 1.54) is 6.20 Å². The Balaban J connectivity index is 0.00000162. The van der Waals surface area contributed by atoms with Crippen LogP contribution in [-0.4, -0.2) is 48.6 Å². The maximum absolute atomic E-state index is 10.6. The number of rotatable bonds is 3. The third kappa shape index (κ3) is 4.01. The van der Waals surface area contributed by atoms with Gasteiger partial charge in [-0.2, -0.15) is 0 Å². The Bertz CT molecular complexity index is 389. The topological polar surface area (TPSA) is 59.5 Å². The standard InChI is InChI=1S/C12H17N3O2.K/c1-2-14-5-7-15(8-6-14)11-4-3-10(9-13-11)12(16)17;/h3-4,9H,2,5-8H2,1H3,(H,16,17);/q;+1/p-1. The second kappa shape index (κ2) is 7.57. The average Bonchev–Trinajstić information content (AvgIpc) is 2.39. The molecule has 0 amide bonds. The van der Waals surface area contributed by atoms with Crippen molar-refractivity contribution < 1.29 is 61.3 Å². The summed E-state index contributed by atoms with van der Waals surface area (Å²) in [6, 6.07) is 3.29. The van der Waals surface area contributed by atoms with Crippen molar-refractivity contribution in [2.24, 2.45) is 0 Å². The fourth-order valence-electron chi connectivity index (χ4n) is 1.99. The molecule has 0 bridgehead atoms. The molecule has 2 rings (SSSR count). The molecule has 1 aromatic heterocycles. The van der Waals surface area contributed by atoms with Crippen molar-refractivity contribution >= 4 is 11.8 Å². The van der Waals surface area contributed by atoms with Crippen LogP contribution in [-0.2, 0) is 0 Å². The normalized spacial score (nSPS) is 16.2. The summed E-state index contributed by atoms with van der Waals surface area (Å²) in [5.41, 5.74) is 0.126. The molecule has 92 valence electrons. The van der Waals surface area contributed by atoms with Gasteiger partial charge in [-0.25, -0.2) is 4.98 Å². The van der Waals surface area contributed by atoms with Crippen LogP contribution in [0, 0.1) is 0 Å². The van der Waals surface area contributed by atoms with Gasteiger partial charge in [0, 0.05) is 37.9 Å². The van der Waals surface area contributed by atoms with Crippen LogP contribution in [0.5, 0.6) is 0 Å². The number of nitrogens with zero attached hydrogens (tertiary/aromatic N) is 3. The Morgan fingerprint density at radius 3 is 2.44 bits per heavy atom. The fourth-order valence-corrected chi connectivity index (χ4v) is 1.99. The SMILES string of the molecule is CCN1CCN(c2ccc(C(=O)[O-])cn2)CC1.[K+]. The summed E-state index contributed by atoms with van der Waals surface area (Å²) in [6.45, 7) is 7.16. The number of aromatic carboxylic acids is 1. The van der Waals surface area contributed by atoms with E-state index in [2.05, 4.69) is 21.7 Å². The van der Waals surface area contributed by atoms with Gasteiger partial charge in [-0.15, -0.1) is 0 Å². The monoisotopic (exact) mass is 273 g/mol. The first-order valence-electron chi connectivity index (χ1n) is 5.85. The summed E-state index contributed by atoms with van der Waals surface area (Å²) in [7, 11) is 0. The summed E-state index contributed by atoms with van der Waals surface area (Å²) < 4.78 is 0. The largest absolute Gasteiger partial charge is 1.00 e. The molecular weight excluding hydrogens is 257 g/mol. The smallest absolute Gasteiger partial charge is 0.545 e. The number of carboxylic acids is 1. The van der Waals surface area contributed by atoms with Crippen molar-refractivity contribution in [2.75, 3.05) is 37.6 Å². The predicted octanol–water partition coefficient (Wildman–Crippen LogP) is -3.41. The number of anilines is 1. The third-order valence-corrected chi connectivity index (χ3v) is 3.13. The van der Waals surface area contributed by atoms with Crippen LogP contribution in [0.25, 0.3) is 0 Å². The van der Waals surface area contributed by atoms with Gasteiger partial charge in [-0.3, -0.25) is 0 Å². The molecule has 1 aliphatic rings. The van der Waals surface area contributed by atoms with E-state index in [0.29, 0.717) is 0 Å². The molecule has 0 aromatic carbocycles. The van der Waals surface area contributed by atoms with E-state index in [9.17, 15) is 9.90 Å². The van der Waals surface area contributed by atoms with E-state index in [0.717, 1.165) is 38.5 Å². The van der Waals surface area contributed by atoms with E-state index in [-0.39, 0.29) is 56.9 Å². The number of carboxylic acid groups (broad SMARTS) is 1. The van der Waals surface area contributed by atoms with Gasteiger partial charge < -0.3 is 19.7 Å². The van der Waals surface area contributed by atoms with E-state index >= 15 is 0 Å². The third-order valence-electron chi connectivity index (χ3n) is 3.13. The Labute approximate surface area is 150 Å². The molecule has 0 unspecified atom stereocenters. The molecule has 1 aliphatic heterocycles. The van der Waals surface area contributed by atoms with Gasteiger partial charge in [0.2, 0.25) is 0 Å². The zero-order valence-electron chi connectivity index (χ0n) is 10.9. The Kier molecular flexibility index (Phi) is 6.76. The Morgan fingerprint density at radius 1 is 1.33 bits per heavy atom. The number of carbonyl (C=O) groups excluding carboxylic acids is 1.